The van der Waals surface area contributed by atoms with E-state index in [1.807, 2.05) is 0 Å². The average molecular weight is 338 g/mol. The molecule has 0 amide bonds. The Labute approximate surface area is 184 Å². The van der Waals surface area contributed by atoms with Crippen LogP contribution in [0.5, 0.6) is 0 Å². The summed E-state index contributed by atoms with van der Waals surface area (Å²) in [5.41, 5.74) is 0. The van der Waals surface area contributed by atoms with Crippen molar-refractivity contribution in [2.75, 3.05) is 6.61 Å². The van der Waals surface area contributed by atoms with E-state index < -0.39 is 7.82 Å². The van der Waals surface area contributed by atoms with Gasteiger partial charge in [0.05, 0.1) is 6.61 Å². The van der Waals surface area contributed by atoms with Crippen molar-refractivity contribution >= 4 is 127 Å². The Morgan fingerprint density at radius 3 is 1.88 bits per heavy atom. The van der Waals surface area contributed by atoms with E-state index in [0.717, 1.165) is 19.3 Å². The zero-order valence-electron chi connectivity index (χ0n) is 7.05. The summed E-state index contributed by atoms with van der Waals surface area (Å²) >= 11 is 0. The molecule has 1 fully saturated rings. The molecular formula is C6H19Ca3O6P. The van der Waals surface area contributed by atoms with E-state index in [0.29, 0.717) is 13.0 Å². The monoisotopic (exact) mass is 338 g/mol. The topological polar surface area (TPSA) is 104 Å². The van der Waals surface area contributed by atoms with Gasteiger partial charge in [0.2, 0.25) is 0 Å². The SMILES string of the molecule is O=C1CCCCCO1.O=P(O)(O)O.[CaH2].[CaH2].[CaH2]. The Bertz CT molecular complexity index is 190. The Kier molecular flexibility index (Phi) is 28.4. The van der Waals surface area contributed by atoms with E-state index in [1.54, 1.807) is 0 Å². The zero-order valence-corrected chi connectivity index (χ0v) is 7.94. The Morgan fingerprint density at radius 1 is 1.00 bits per heavy atom. The molecule has 0 bridgehead atoms. The molecule has 0 aromatic carbocycles. The van der Waals surface area contributed by atoms with Crippen molar-refractivity contribution in [3.05, 3.63) is 0 Å². The maximum absolute atomic E-state index is 10.5. The van der Waals surface area contributed by atoms with E-state index >= 15 is 0 Å². The number of ether oxygens (including phenoxy) is 1. The second-order valence-corrected chi connectivity index (χ2v) is 3.57. The van der Waals surface area contributed by atoms with Gasteiger partial charge in [-0.2, -0.15) is 0 Å². The number of rotatable bonds is 0. The van der Waals surface area contributed by atoms with E-state index in [4.69, 9.17) is 24.0 Å². The first-order valence-electron chi connectivity index (χ1n) is 3.83. The van der Waals surface area contributed by atoms with Gasteiger partial charge >= 0.3 is 127 Å². The molecule has 6 nitrogen and oxygen atoms in total. The fourth-order valence-electron chi connectivity index (χ4n) is 0.806. The van der Waals surface area contributed by atoms with E-state index in [-0.39, 0.29) is 119 Å². The van der Waals surface area contributed by atoms with Gasteiger partial charge in [0.1, 0.15) is 0 Å². The minimum absolute atomic E-state index is 0. The second-order valence-electron chi connectivity index (χ2n) is 2.54. The molecule has 3 N–H and O–H groups in total. The van der Waals surface area contributed by atoms with Gasteiger partial charge < -0.3 is 19.4 Å². The summed E-state index contributed by atoms with van der Waals surface area (Å²) in [6, 6.07) is 0. The molecule has 0 aliphatic carbocycles. The summed E-state index contributed by atoms with van der Waals surface area (Å²) in [6.45, 7) is 0.638. The third-order valence-corrected chi connectivity index (χ3v) is 1.29. The van der Waals surface area contributed by atoms with Crippen LogP contribution in [0.3, 0.4) is 0 Å². The van der Waals surface area contributed by atoms with Crippen molar-refractivity contribution < 1.29 is 28.8 Å². The zero-order chi connectivity index (χ0) is 10.3. The molecule has 1 saturated heterocycles. The van der Waals surface area contributed by atoms with Crippen molar-refractivity contribution in [3.63, 3.8) is 0 Å². The molecule has 0 saturated carbocycles. The first kappa shape index (κ1) is 27.7. The number of cyclic esters (lactones) is 1. The summed E-state index contributed by atoms with van der Waals surface area (Å²) in [6.07, 6.45) is 3.83. The molecule has 0 aromatic heterocycles. The molecule has 1 aliphatic heterocycles. The summed E-state index contributed by atoms with van der Waals surface area (Å²) in [5.74, 6) is -0.0255. The predicted molar refractivity (Wildman–Crippen MR) is 69.3 cm³/mol. The average Bonchev–Trinajstić information content (AvgIpc) is 2.12. The Balaban J connectivity index is -0.0000000818. The Morgan fingerprint density at radius 2 is 1.44 bits per heavy atom. The number of hydrogen-bond donors (Lipinski definition) is 3. The third kappa shape index (κ3) is 30.4. The van der Waals surface area contributed by atoms with Crippen molar-refractivity contribution in [3.8, 4) is 0 Å². The van der Waals surface area contributed by atoms with E-state index in [9.17, 15) is 4.79 Å². The first-order valence-corrected chi connectivity index (χ1v) is 5.40. The first-order chi connectivity index (χ1) is 5.89. The van der Waals surface area contributed by atoms with Crippen LogP contribution in [0.15, 0.2) is 0 Å². The summed E-state index contributed by atoms with van der Waals surface area (Å²) in [4.78, 5) is 32.0. The molecule has 0 aromatic rings. The molecule has 0 radical (unpaired) electrons. The normalized spacial score (nSPS) is 14.6. The van der Waals surface area contributed by atoms with Crippen molar-refractivity contribution in [2.45, 2.75) is 25.7 Å². The quantitative estimate of drug-likeness (QED) is 0.255. The fourth-order valence-corrected chi connectivity index (χ4v) is 0.806. The van der Waals surface area contributed by atoms with Crippen molar-refractivity contribution in [1.29, 1.82) is 0 Å². The van der Waals surface area contributed by atoms with Crippen LogP contribution in [0.2, 0.25) is 0 Å². The maximum atomic E-state index is 10.5. The number of phosphoric acid groups is 1. The molecular weight excluding hydrogens is 319 g/mol. The van der Waals surface area contributed by atoms with Gasteiger partial charge in [-0.25, -0.2) is 4.57 Å². The Hall–Kier alpha value is 3.36. The van der Waals surface area contributed by atoms with Crippen LogP contribution >= 0.6 is 7.82 Å². The third-order valence-electron chi connectivity index (χ3n) is 1.29. The summed E-state index contributed by atoms with van der Waals surface area (Å²) in [7, 11) is -4.64. The van der Waals surface area contributed by atoms with Gasteiger partial charge in [-0.1, -0.05) is 0 Å². The van der Waals surface area contributed by atoms with Gasteiger partial charge in [0.25, 0.3) is 0 Å². The van der Waals surface area contributed by atoms with Crippen molar-refractivity contribution in [1.82, 2.24) is 0 Å². The second kappa shape index (κ2) is 16.4. The summed E-state index contributed by atoms with van der Waals surface area (Å²) in [5, 5.41) is 0. The number of hydrogen-bond acceptors (Lipinski definition) is 3. The van der Waals surface area contributed by atoms with Gasteiger partial charge in [-0.05, 0) is 19.3 Å². The van der Waals surface area contributed by atoms with E-state index in [2.05, 4.69) is 0 Å². The minimum atomic E-state index is -4.64. The van der Waals surface area contributed by atoms with Crippen molar-refractivity contribution in [2.24, 2.45) is 0 Å². The number of carbonyl (C=O) groups is 1. The van der Waals surface area contributed by atoms with Crippen LogP contribution in [-0.4, -0.2) is 140 Å². The molecule has 10 heteroatoms. The van der Waals surface area contributed by atoms with Crippen LogP contribution in [0.4, 0.5) is 0 Å². The van der Waals surface area contributed by atoms with Gasteiger partial charge in [0.15, 0.2) is 0 Å². The van der Waals surface area contributed by atoms with Crippen LogP contribution < -0.4 is 0 Å². The molecule has 1 rings (SSSR count). The molecule has 16 heavy (non-hydrogen) atoms. The van der Waals surface area contributed by atoms with Crippen LogP contribution in [0.1, 0.15) is 25.7 Å². The van der Waals surface area contributed by atoms with E-state index in [1.165, 1.54) is 0 Å². The van der Waals surface area contributed by atoms with Gasteiger partial charge in [-0.3, -0.25) is 4.79 Å². The van der Waals surface area contributed by atoms with Crippen LogP contribution in [0, 0.1) is 0 Å². The summed E-state index contributed by atoms with van der Waals surface area (Å²) < 4.78 is 13.6. The molecule has 0 unspecified atom stereocenters. The number of esters is 1. The predicted octanol–water partition coefficient (Wildman–Crippen LogP) is -2.57. The molecule has 1 aliphatic rings. The molecule has 1 heterocycles. The van der Waals surface area contributed by atoms with Crippen LogP contribution in [-0.2, 0) is 14.1 Å². The number of carbonyl (C=O) groups excluding carboxylic acids is 1. The van der Waals surface area contributed by atoms with Crippen LogP contribution in [0.25, 0.3) is 0 Å². The van der Waals surface area contributed by atoms with Gasteiger partial charge in [0, 0.05) is 6.42 Å². The fraction of sp³-hybridized carbons (Fsp3) is 0.833. The molecule has 90 valence electrons. The van der Waals surface area contributed by atoms with Gasteiger partial charge in [-0.15, -0.1) is 0 Å². The molecule has 0 atom stereocenters. The standard InChI is InChI=1S/C6H10O2.3Ca.H3O4P.6H/c7-6-4-2-1-3-5-8-6;;;;1-5(2,3)4;;;;;;/h1-5H2;;;;(H3,1,2,3,4);;;;;;. The molecule has 0 spiro atoms.